The topological polar surface area (TPSA) is 46.6 Å². The third-order valence-corrected chi connectivity index (χ3v) is 11.8. The molecule has 260 valence electrons. The predicted octanol–water partition coefficient (Wildman–Crippen LogP) is 8.80. The highest BCUT2D eigenvalue weighted by atomic mass is 32.2. The third kappa shape index (κ3) is 7.09. The summed E-state index contributed by atoms with van der Waals surface area (Å²) in [6.45, 7) is -0.964. The molecule has 14 heteroatoms. The molecule has 2 aromatic carbocycles. The van der Waals surface area contributed by atoms with Crippen molar-refractivity contribution in [2.45, 2.75) is 97.7 Å². The van der Waals surface area contributed by atoms with Gasteiger partial charge in [0.05, 0.1) is 22.2 Å². The second-order valence-electron chi connectivity index (χ2n) is 12.9. The van der Waals surface area contributed by atoms with Crippen LogP contribution >= 0.6 is 0 Å². The van der Waals surface area contributed by atoms with Crippen molar-refractivity contribution in [3.63, 3.8) is 0 Å². The highest BCUT2D eigenvalue weighted by Gasteiger charge is 2.73. The van der Waals surface area contributed by atoms with Gasteiger partial charge in [-0.15, -0.1) is 0 Å². The number of carbonyl (C=O) groups is 1. The molecule has 2 aliphatic carbocycles. The number of nitrogens with zero attached hydrogens (tertiary/aromatic N) is 1. The number of benzene rings is 2. The molecular formula is C33H36F9NO3S. The molecule has 1 heterocycles. The Hall–Kier alpha value is -2.61. The minimum atomic E-state index is -5.98. The highest BCUT2D eigenvalue weighted by molar-refractivity contribution is 7.86. The monoisotopic (exact) mass is 697 g/mol. The molecule has 0 bridgehead atoms. The molecule has 4 nitrogen and oxygen atoms in total. The maximum absolute atomic E-state index is 14.5. The molecule has 2 atom stereocenters. The van der Waals surface area contributed by atoms with Gasteiger partial charge in [-0.25, -0.2) is 13.2 Å². The van der Waals surface area contributed by atoms with E-state index in [1.165, 1.54) is 12.1 Å². The van der Waals surface area contributed by atoms with E-state index in [2.05, 4.69) is 0 Å². The molecule has 2 aromatic rings. The van der Waals surface area contributed by atoms with E-state index in [0.29, 0.717) is 25.0 Å². The van der Waals surface area contributed by atoms with E-state index in [1.54, 1.807) is 4.90 Å². The van der Waals surface area contributed by atoms with Crippen LogP contribution in [0.4, 0.5) is 39.5 Å². The molecule has 5 rings (SSSR count). The zero-order valence-corrected chi connectivity index (χ0v) is 26.3. The van der Waals surface area contributed by atoms with Gasteiger partial charge in [0.25, 0.3) is 5.60 Å². The standard InChI is InChI=1S/C33H36F9NO3S/c34-26-10-12-27(13-11-26)47(45)29(18-19-43(21-29)28(44)23-4-2-1-3-5-23)24-6-8-25(9-7-24)31(32(37,38)39,33(40,41)42)46-20-22-14-16-30(35,36)17-15-22/h6-13,22-23H,1-5,14-21H2/t29-,47?/m0/s1. The normalized spacial score (nSPS) is 24.0. The molecule has 0 spiro atoms. The average molecular weight is 698 g/mol. The smallest absolute Gasteiger partial charge is 0.354 e. The minimum absolute atomic E-state index is 0.0985. The van der Waals surface area contributed by atoms with Crippen molar-refractivity contribution in [2.75, 3.05) is 19.7 Å². The summed E-state index contributed by atoms with van der Waals surface area (Å²) in [6.07, 6.45) is -9.58. The molecule has 1 aliphatic heterocycles. The lowest BCUT2D eigenvalue weighted by Crippen LogP contribution is -2.56. The molecule has 2 saturated carbocycles. The second-order valence-corrected chi connectivity index (χ2v) is 14.7. The lowest BCUT2D eigenvalue weighted by molar-refractivity contribution is -0.391. The van der Waals surface area contributed by atoms with Crippen LogP contribution in [-0.2, 0) is 30.7 Å². The molecule has 1 saturated heterocycles. The van der Waals surface area contributed by atoms with Crippen LogP contribution in [0.25, 0.3) is 0 Å². The van der Waals surface area contributed by atoms with Crippen molar-refractivity contribution in [3.05, 3.63) is 65.5 Å². The molecule has 0 aromatic heterocycles. The van der Waals surface area contributed by atoms with Crippen molar-refractivity contribution in [1.82, 2.24) is 4.90 Å². The Morgan fingerprint density at radius 2 is 1.40 bits per heavy atom. The fraction of sp³-hybridized carbons (Fsp3) is 0.606. The van der Waals surface area contributed by atoms with Crippen LogP contribution in [0, 0.1) is 17.7 Å². The van der Waals surface area contributed by atoms with Crippen LogP contribution in [0.5, 0.6) is 0 Å². The van der Waals surface area contributed by atoms with Crippen LogP contribution in [0.15, 0.2) is 53.4 Å². The van der Waals surface area contributed by atoms with Gasteiger partial charge in [-0.2, -0.15) is 26.3 Å². The first-order valence-electron chi connectivity index (χ1n) is 15.7. The van der Waals surface area contributed by atoms with Gasteiger partial charge in [0.1, 0.15) is 5.82 Å². The lowest BCUT2D eigenvalue weighted by atomic mass is 9.86. The summed E-state index contributed by atoms with van der Waals surface area (Å²) in [4.78, 5) is 15.2. The SMILES string of the molecule is O=C(C1CCCCC1)N1CC[C@](c2ccc(C(OCC3CCC(F)(F)CC3)(C(F)(F)F)C(F)(F)F)cc2)(S(=O)c2ccc(F)cc2)C1. The van der Waals surface area contributed by atoms with Crippen molar-refractivity contribution in [3.8, 4) is 0 Å². The van der Waals surface area contributed by atoms with E-state index in [1.807, 2.05) is 0 Å². The zero-order chi connectivity index (χ0) is 34.3. The summed E-state index contributed by atoms with van der Waals surface area (Å²) in [6, 6.07) is 8.14. The summed E-state index contributed by atoms with van der Waals surface area (Å²) in [5.74, 6) is -4.92. The van der Waals surface area contributed by atoms with Gasteiger partial charge in [-0.1, -0.05) is 43.5 Å². The Morgan fingerprint density at radius 3 is 1.96 bits per heavy atom. The number of hydrogen-bond acceptors (Lipinski definition) is 3. The second kappa shape index (κ2) is 13.4. The average Bonchev–Trinajstić information content (AvgIpc) is 3.48. The van der Waals surface area contributed by atoms with Crippen molar-refractivity contribution in [1.29, 1.82) is 0 Å². The fourth-order valence-corrected chi connectivity index (χ4v) is 8.84. The first-order valence-corrected chi connectivity index (χ1v) is 16.9. The summed E-state index contributed by atoms with van der Waals surface area (Å²) < 4.78 is 145. The van der Waals surface area contributed by atoms with E-state index >= 15 is 0 Å². The lowest BCUT2D eigenvalue weighted by Gasteiger charge is -2.39. The van der Waals surface area contributed by atoms with Gasteiger partial charge in [0, 0.05) is 42.3 Å². The molecular weight excluding hydrogens is 661 g/mol. The first kappa shape index (κ1) is 35.7. The number of rotatable bonds is 8. The fourth-order valence-electron chi connectivity index (χ4n) is 7.11. The van der Waals surface area contributed by atoms with Gasteiger partial charge < -0.3 is 9.64 Å². The van der Waals surface area contributed by atoms with Crippen LogP contribution < -0.4 is 0 Å². The molecule has 1 unspecified atom stereocenters. The highest BCUT2D eigenvalue weighted by Crippen LogP contribution is 2.54. The predicted molar refractivity (Wildman–Crippen MR) is 155 cm³/mol. The molecule has 47 heavy (non-hydrogen) atoms. The number of amides is 1. The molecule has 1 amide bonds. The number of alkyl halides is 8. The third-order valence-electron chi connectivity index (χ3n) is 9.87. The van der Waals surface area contributed by atoms with Crippen molar-refractivity contribution < 1.29 is 53.3 Å². The molecule has 0 N–H and O–H groups in total. The van der Waals surface area contributed by atoms with Crippen LogP contribution in [0.3, 0.4) is 0 Å². The van der Waals surface area contributed by atoms with E-state index in [-0.39, 0.29) is 54.6 Å². The Morgan fingerprint density at radius 1 is 0.830 bits per heavy atom. The molecule has 3 fully saturated rings. The van der Waals surface area contributed by atoms with Gasteiger partial charge in [0.2, 0.25) is 11.8 Å². The number of halogens is 9. The van der Waals surface area contributed by atoms with Gasteiger partial charge in [-0.05, 0) is 67.9 Å². The maximum atomic E-state index is 14.5. The number of ether oxygens (including phenoxy) is 1. The first-order chi connectivity index (χ1) is 22.0. The summed E-state index contributed by atoms with van der Waals surface area (Å²) >= 11 is 0. The van der Waals surface area contributed by atoms with E-state index in [0.717, 1.165) is 43.5 Å². The Kier molecular flexibility index (Phi) is 10.1. The van der Waals surface area contributed by atoms with Crippen molar-refractivity contribution in [2.24, 2.45) is 11.8 Å². The van der Waals surface area contributed by atoms with E-state index in [9.17, 15) is 48.5 Å². The van der Waals surface area contributed by atoms with Gasteiger partial charge >= 0.3 is 12.4 Å². The van der Waals surface area contributed by atoms with E-state index in [4.69, 9.17) is 4.74 Å². The number of hydrogen-bond donors (Lipinski definition) is 0. The summed E-state index contributed by atoms with van der Waals surface area (Å²) in [5, 5.41) is 0. The van der Waals surface area contributed by atoms with Gasteiger partial charge in [-0.3, -0.25) is 9.00 Å². The van der Waals surface area contributed by atoms with E-state index < -0.39 is 76.2 Å². The molecule has 0 radical (unpaired) electrons. The Labute approximate surface area is 269 Å². The minimum Gasteiger partial charge on any atom is -0.354 e. The zero-order valence-electron chi connectivity index (χ0n) is 25.4. The maximum Gasteiger partial charge on any atom is 0.430 e. The van der Waals surface area contributed by atoms with Crippen LogP contribution in [-0.4, -0.2) is 53.0 Å². The summed E-state index contributed by atoms with van der Waals surface area (Å²) in [7, 11) is -1.99. The summed E-state index contributed by atoms with van der Waals surface area (Å²) in [5.41, 5.74) is -5.87. The molecule has 3 aliphatic rings. The number of likely N-dealkylation sites (tertiary alicyclic amines) is 1. The quantitative estimate of drug-likeness (QED) is 0.259. The Bertz CT molecular complexity index is 1400. The largest absolute Gasteiger partial charge is 0.430 e. The number of carbonyl (C=O) groups excluding carboxylic acids is 1. The van der Waals surface area contributed by atoms with Gasteiger partial charge in [0.15, 0.2) is 0 Å². The van der Waals surface area contributed by atoms with Crippen LogP contribution in [0.2, 0.25) is 0 Å². The van der Waals surface area contributed by atoms with Crippen LogP contribution in [0.1, 0.15) is 75.3 Å². The van der Waals surface area contributed by atoms with Crippen molar-refractivity contribution >= 4 is 16.7 Å². The Balaban J connectivity index is 1.50.